The van der Waals surface area contributed by atoms with E-state index in [1.54, 1.807) is 24.3 Å². The Balaban J connectivity index is 1.08. The minimum atomic E-state index is -0.594. The Kier molecular flexibility index (Phi) is 9.50. The molecule has 4 aromatic rings. The maximum absolute atomic E-state index is 12.7. The van der Waals surface area contributed by atoms with Gasteiger partial charge in [-0.25, -0.2) is 4.79 Å². The number of β-amino-alcohol motifs (C(OH)–C–C–N with tert-alkyl or cyclic N) is 1. The number of aliphatic hydroxyl groups is 2. The monoisotopic (exact) mass is 595 g/mol. The van der Waals surface area contributed by atoms with Crippen LogP contribution in [0.1, 0.15) is 41.9 Å². The Hall–Kier alpha value is -4.25. The summed E-state index contributed by atoms with van der Waals surface area (Å²) in [6.07, 6.45) is 0.290. The number of ether oxygens (including phenoxy) is 3. The minimum Gasteiger partial charge on any atom is -0.457 e. The standard InChI is InChI=1S/C35H37N3O6/c39-23-24-6-8-25(9-7-24)33-20-32(22-38-19-18-29(40)21-38)43-34(44-33)26-10-12-27(13-11-26)36-35(41)37-28-14-16-31(17-15-28)42-30-4-2-1-3-5-30/h1-17,29,32-34,39-40H,18-23H2,(H2,36,37,41)/t29-,32+,33-,34-/m0/s1. The Morgan fingerprint density at radius 3 is 2.09 bits per heavy atom. The second kappa shape index (κ2) is 14.0. The maximum Gasteiger partial charge on any atom is 0.323 e. The lowest BCUT2D eigenvalue weighted by Crippen LogP contribution is -2.38. The molecule has 228 valence electrons. The molecule has 2 saturated heterocycles. The summed E-state index contributed by atoms with van der Waals surface area (Å²) < 4.78 is 18.7. The summed E-state index contributed by atoms with van der Waals surface area (Å²) in [7, 11) is 0. The van der Waals surface area contributed by atoms with E-state index in [1.807, 2.05) is 78.9 Å². The third kappa shape index (κ3) is 7.82. The van der Waals surface area contributed by atoms with Gasteiger partial charge >= 0.3 is 6.03 Å². The highest BCUT2D eigenvalue weighted by Gasteiger charge is 2.34. The lowest BCUT2D eigenvalue weighted by Gasteiger charge is -2.37. The minimum absolute atomic E-state index is 0.00808. The van der Waals surface area contributed by atoms with Gasteiger partial charge in [-0.05, 0) is 66.1 Å². The van der Waals surface area contributed by atoms with Crippen molar-refractivity contribution < 1.29 is 29.2 Å². The van der Waals surface area contributed by atoms with Crippen molar-refractivity contribution in [3.8, 4) is 11.5 Å². The smallest absolute Gasteiger partial charge is 0.323 e. The first-order valence-electron chi connectivity index (χ1n) is 14.9. The molecule has 0 saturated carbocycles. The van der Waals surface area contributed by atoms with E-state index in [1.165, 1.54) is 0 Å². The molecule has 4 atom stereocenters. The molecule has 0 radical (unpaired) electrons. The topological polar surface area (TPSA) is 113 Å². The van der Waals surface area contributed by atoms with Gasteiger partial charge in [-0.1, -0.05) is 54.6 Å². The van der Waals surface area contributed by atoms with Gasteiger partial charge in [-0.15, -0.1) is 0 Å². The summed E-state index contributed by atoms with van der Waals surface area (Å²) in [5.41, 5.74) is 3.98. The van der Waals surface area contributed by atoms with Crippen LogP contribution in [-0.4, -0.2) is 53.0 Å². The molecule has 0 bridgehead atoms. The maximum atomic E-state index is 12.7. The molecule has 2 aliphatic rings. The molecular formula is C35H37N3O6. The van der Waals surface area contributed by atoms with E-state index in [9.17, 15) is 15.0 Å². The molecule has 44 heavy (non-hydrogen) atoms. The third-order valence-corrected chi connectivity index (χ3v) is 7.86. The summed E-state index contributed by atoms with van der Waals surface area (Å²) in [5, 5.41) is 25.2. The van der Waals surface area contributed by atoms with Gasteiger partial charge in [0.25, 0.3) is 0 Å². The van der Waals surface area contributed by atoms with Crippen molar-refractivity contribution in [3.05, 3.63) is 120 Å². The van der Waals surface area contributed by atoms with Crippen molar-refractivity contribution in [1.29, 1.82) is 0 Å². The first kappa shape index (κ1) is 29.8. The Morgan fingerprint density at radius 1 is 0.818 bits per heavy atom. The number of likely N-dealkylation sites (tertiary alicyclic amines) is 1. The lowest BCUT2D eigenvalue weighted by molar-refractivity contribution is -0.252. The predicted octanol–water partition coefficient (Wildman–Crippen LogP) is 6.23. The van der Waals surface area contributed by atoms with Gasteiger partial charge in [0.1, 0.15) is 11.5 Å². The number of urea groups is 1. The average Bonchev–Trinajstić information content (AvgIpc) is 3.46. The van der Waals surface area contributed by atoms with E-state index in [-0.39, 0.29) is 30.9 Å². The van der Waals surface area contributed by atoms with Crippen LogP contribution in [-0.2, 0) is 16.1 Å². The number of carbonyl (C=O) groups is 1. The van der Waals surface area contributed by atoms with Crippen molar-refractivity contribution >= 4 is 17.4 Å². The molecule has 2 aliphatic heterocycles. The molecule has 2 amide bonds. The summed E-state index contributed by atoms with van der Waals surface area (Å²) in [4.78, 5) is 14.9. The largest absolute Gasteiger partial charge is 0.457 e. The summed E-state index contributed by atoms with van der Waals surface area (Å²) in [5.74, 6) is 1.42. The number of nitrogens with one attached hydrogen (secondary N) is 2. The van der Waals surface area contributed by atoms with Gasteiger partial charge < -0.3 is 35.1 Å². The van der Waals surface area contributed by atoms with E-state index in [0.717, 1.165) is 35.4 Å². The number of para-hydroxylation sites is 1. The zero-order chi connectivity index (χ0) is 30.3. The highest BCUT2D eigenvalue weighted by atomic mass is 16.7. The van der Waals surface area contributed by atoms with Gasteiger partial charge in [0.05, 0.1) is 24.9 Å². The van der Waals surface area contributed by atoms with Gasteiger partial charge in [-0.2, -0.15) is 0 Å². The fourth-order valence-corrected chi connectivity index (χ4v) is 5.55. The van der Waals surface area contributed by atoms with Crippen LogP contribution in [0, 0.1) is 0 Å². The number of hydrogen-bond acceptors (Lipinski definition) is 7. The van der Waals surface area contributed by atoms with Crippen LogP contribution in [0.2, 0.25) is 0 Å². The number of anilines is 2. The normalized spacial score (nSPS) is 22.0. The molecule has 0 aromatic heterocycles. The van der Waals surface area contributed by atoms with E-state index < -0.39 is 6.29 Å². The van der Waals surface area contributed by atoms with E-state index >= 15 is 0 Å². The van der Waals surface area contributed by atoms with Crippen LogP contribution in [0.3, 0.4) is 0 Å². The fraction of sp³-hybridized carbons (Fsp3) is 0.286. The molecule has 0 aliphatic carbocycles. The molecule has 6 rings (SSSR count). The molecule has 0 unspecified atom stereocenters. The number of carbonyl (C=O) groups excluding carboxylic acids is 1. The summed E-state index contributed by atoms with van der Waals surface area (Å²) >= 11 is 0. The second-order valence-corrected chi connectivity index (χ2v) is 11.2. The molecule has 2 heterocycles. The molecule has 2 fully saturated rings. The van der Waals surface area contributed by atoms with Crippen LogP contribution in [0.15, 0.2) is 103 Å². The van der Waals surface area contributed by atoms with Crippen LogP contribution >= 0.6 is 0 Å². The Labute approximate surface area is 257 Å². The number of rotatable bonds is 9. The molecule has 4 aromatic carbocycles. The van der Waals surface area contributed by atoms with Gasteiger partial charge in [0.15, 0.2) is 6.29 Å². The predicted molar refractivity (Wildman–Crippen MR) is 168 cm³/mol. The molecular weight excluding hydrogens is 558 g/mol. The number of benzene rings is 4. The van der Waals surface area contributed by atoms with E-state index in [0.29, 0.717) is 36.6 Å². The van der Waals surface area contributed by atoms with Crippen molar-refractivity contribution in [3.63, 3.8) is 0 Å². The van der Waals surface area contributed by atoms with Gasteiger partial charge in [0, 0.05) is 43.0 Å². The van der Waals surface area contributed by atoms with Crippen LogP contribution in [0.4, 0.5) is 16.2 Å². The number of nitrogens with zero attached hydrogens (tertiary/aromatic N) is 1. The van der Waals surface area contributed by atoms with Crippen LogP contribution in [0.25, 0.3) is 0 Å². The van der Waals surface area contributed by atoms with Crippen molar-refractivity contribution in [2.75, 3.05) is 30.3 Å². The van der Waals surface area contributed by atoms with Crippen molar-refractivity contribution in [2.45, 2.75) is 44.1 Å². The van der Waals surface area contributed by atoms with Crippen molar-refractivity contribution in [2.24, 2.45) is 0 Å². The molecule has 9 heteroatoms. The molecule has 4 N–H and O–H groups in total. The van der Waals surface area contributed by atoms with Gasteiger partial charge in [-0.3, -0.25) is 4.90 Å². The van der Waals surface area contributed by atoms with Crippen LogP contribution < -0.4 is 15.4 Å². The SMILES string of the molecule is O=C(Nc1ccc(Oc2ccccc2)cc1)Nc1ccc([C@H]2O[C@@H](CN3CC[C@H](O)C3)C[C@@H](c3ccc(CO)cc3)O2)cc1. The zero-order valence-corrected chi connectivity index (χ0v) is 24.3. The van der Waals surface area contributed by atoms with Crippen LogP contribution in [0.5, 0.6) is 11.5 Å². The first-order chi connectivity index (χ1) is 21.5. The van der Waals surface area contributed by atoms with Gasteiger partial charge in [0.2, 0.25) is 0 Å². The Bertz CT molecular complexity index is 1500. The summed E-state index contributed by atoms with van der Waals surface area (Å²) in [6, 6.07) is 31.6. The van der Waals surface area contributed by atoms with E-state index in [4.69, 9.17) is 14.2 Å². The first-order valence-corrected chi connectivity index (χ1v) is 14.9. The number of amides is 2. The summed E-state index contributed by atoms with van der Waals surface area (Å²) in [6.45, 7) is 2.19. The highest BCUT2D eigenvalue weighted by molar-refractivity contribution is 5.99. The third-order valence-electron chi connectivity index (χ3n) is 7.86. The average molecular weight is 596 g/mol. The van der Waals surface area contributed by atoms with E-state index in [2.05, 4.69) is 15.5 Å². The van der Waals surface area contributed by atoms with Crippen molar-refractivity contribution in [1.82, 2.24) is 4.90 Å². The fourth-order valence-electron chi connectivity index (χ4n) is 5.55. The quantitative estimate of drug-likeness (QED) is 0.182. The second-order valence-electron chi connectivity index (χ2n) is 11.2. The molecule has 0 spiro atoms. The number of hydrogen-bond donors (Lipinski definition) is 4. The molecule has 9 nitrogen and oxygen atoms in total. The zero-order valence-electron chi connectivity index (χ0n) is 24.3. The lowest BCUT2D eigenvalue weighted by atomic mass is 9.99. The number of aliphatic hydroxyl groups excluding tert-OH is 2. The Morgan fingerprint density at radius 2 is 1.45 bits per heavy atom. The highest BCUT2D eigenvalue weighted by Crippen LogP contribution is 2.38.